The maximum Gasteiger partial charge on any atom is 0.416 e. The van der Waals surface area contributed by atoms with Gasteiger partial charge in [-0.2, -0.15) is 13.2 Å². The van der Waals surface area contributed by atoms with Crippen molar-refractivity contribution in [3.05, 3.63) is 65.2 Å². The molecule has 0 atom stereocenters. The number of esters is 1. The van der Waals surface area contributed by atoms with E-state index in [1.54, 1.807) is 36.1 Å². The van der Waals surface area contributed by atoms with Gasteiger partial charge in [0.15, 0.2) is 0 Å². The van der Waals surface area contributed by atoms with E-state index in [-0.39, 0.29) is 12.6 Å². The highest BCUT2D eigenvalue weighted by Crippen LogP contribution is 2.30. The molecule has 0 bridgehead atoms. The highest BCUT2D eigenvalue weighted by atomic mass is 19.4. The minimum atomic E-state index is -4.31. The molecule has 5 nitrogen and oxygen atoms in total. The van der Waals surface area contributed by atoms with E-state index in [4.69, 9.17) is 4.74 Å². The van der Waals surface area contributed by atoms with Crippen LogP contribution in [0.15, 0.2) is 48.5 Å². The molecule has 0 aliphatic carbocycles. The van der Waals surface area contributed by atoms with Gasteiger partial charge in [0.2, 0.25) is 0 Å². The lowest BCUT2D eigenvalue weighted by Gasteiger charge is -2.32. The molecule has 1 aliphatic heterocycles. The van der Waals surface area contributed by atoms with E-state index in [0.717, 1.165) is 43.4 Å². The number of halogens is 3. The van der Waals surface area contributed by atoms with E-state index < -0.39 is 17.7 Å². The zero-order chi connectivity index (χ0) is 23.1. The monoisotopic (exact) mass is 448 g/mol. The number of hydrogen-bond acceptors (Lipinski definition) is 3. The Morgan fingerprint density at radius 3 is 2.41 bits per heavy atom. The Morgan fingerprint density at radius 2 is 1.78 bits per heavy atom. The standard InChI is InChI=1S/C24H27F3N2O3/c1-2-32-22(30)19-4-3-5-21(16-19)28-23(31)29-14-12-18(13-15-29)7-6-17-8-10-20(11-9-17)24(25,26)27/h3-5,8-11,16,18H,2,6-7,12-15H2,1H3,(H,28,31). The first-order chi connectivity index (χ1) is 15.3. The number of hydrogen-bond donors (Lipinski definition) is 1. The molecule has 0 saturated carbocycles. The number of benzene rings is 2. The summed E-state index contributed by atoms with van der Waals surface area (Å²) < 4.78 is 43.0. The summed E-state index contributed by atoms with van der Waals surface area (Å²) in [5.41, 5.74) is 1.17. The minimum absolute atomic E-state index is 0.216. The number of rotatable bonds is 6. The molecular weight excluding hydrogens is 421 g/mol. The van der Waals surface area contributed by atoms with Crippen LogP contribution in [0.2, 0.25) is 0 Å². The second-order valence-electron chi connectivity index (χ2n) is 7.90. The predicted octanol–water partition coefficient (Wildman–Crippen LogP) is 5.76. The molecule has 1 N–H and O–H groups in total. The average Bonchev–Trinajstić information content (AvgIpc) is 2.78. The molecule has 2 aromatic carbocycles. The number of amides is 2. The molecule has 32 heavy (non-hydrogen) atoms. The van der Waals surface area contributed by atoms with Crippen molar-refractivity contribution in [2.45, 2.75) is 38.8 Å². The van der Waals surface area contributed by atoms with Crippen LogP contribution in [0.1, 0.15) is 47.7 Å². The summed E-state index contributed by atoms with van der Waals surface area (Å²) in [4.78, 5) is 26.2. The molecule has 0 radical (unpaired) electrons. The zero-order valence-corrected chi connectivity index (χ0v) is 18.0. The van der Waals surface area contributed by atoms with Crippen molar-refractivity contribution >= 4 is 17.7 Å². The number of carbonyl (C=O) groups is 2. The quantitative estimate of drug-likeness (QED) is 0.572. The van der Waals surface area contributed by atoms with Gasteiger partial charge in [0, 0.05) is 18.8 Å². The van der Waals surface area contributed by atoms with Gasteiger partial charge in [-0.3, -0.25) is 0 Å². The Morgan fingerprint density at radius 1 is 1.09 bits per heavy atom. The SMILES string of the molecule is CCOC(=O)c1cccc(NC(=O)N2CCC(CCc3ccc(C(F)(F)F)cc3)CC2)c1. The van der Waals surface area contributed by atoms with Crippen molar-refractivity contribution in [2.24, 2.45) is 5.92 Å². The van der Waals surface area contributed by atoms with Crippen LogP contribution in [0, 0.1) is 5.92 Å². The molecule has 172 valence electrons. The molecular formula is C24H27F3N2O3. The number of ether oxygens (including phenoxy) is 1. The normalized spacial score (nSPS) is 14.8. The second kappa shape index (κ2) is 10.5. The Labute approximate surface area is 185 Å². The van der Waals surface area contributed by atoms with Crippen LogP contribution in [0.25, 0.3) is 0 Å². The van der Waals surface area contributed by atoms with Gasteiger partial charge >= 0.3 is 18.2 Å². The molecule has 1 aliphatic rings. The third kappa shape index (κ3) is 6.48. The van der Waals surface area contributed by atoms with Gasteiger partial charge < -0.3 is 15.0 Å². The molecule has 8 heteroatoms. The summed E-state index contributed by atoms with van der Waals surface area (Å²) in [6, 6.07) is 11.7. The Hall–Kier alpha value is -3.03. The molecule has 3 rings (SSSR count). The van der Waals surface area contributed by atoms with Crippen LogP contribution in [-0.2, 0) is 17.3 Å². The summed E-state index contributed by atoms with van der Waals surface area (Å²) in [5, 5.41) is 2.83. The molecule has 2 amide bonds. The van der Waals surface area contributed by atoms with Crippen molar-refractivity contribution < 1.29 is 27.5 Å². The summed E-state index contributed by atoms with van der Waals surface area (Å²) in [5.74, 6) is -0.00839. The molecule has 2 aromatic rings. The van der Waals surface area contributed by atoms with E-state index in [0.29, 0.717) is 30.3 Å². The van der Waals surface area contributed by atoms with E-state index in [9.17, 15) is 22.8 Å². The second-order valence-corrected chi connectivity index (χ2v) is 7.90. The Bertz CT molecular complexity index is 921. The van der Waals surface area contributed by atoms with Crippen molar-refractivity contribution in [1.82, 2.24) is 4.90 Å². The lowest BCUT2D eigenvalue weighted by molar-refractivity contribution is -0.137. The average molecular weight is 448 g/mol. The van der Waals surface area contributed by atoms with Crippen LogP contribution in [0.5, 0.6) is 0 Å². The maximum absolute atomic E-state index is 12.7. The fraction of sp³-hybridized carbons (Fsp3) is 0.417. The number of carbonyl (C=O) groups excluding carboxylic acids is 2. The third-order valence-electron chi connectivity index (χ3n) is 5.65. The van der Waals surface area contributed by atoms with Gasteiger partial charge in [-0.1, -0.05) is 18.2 Å². The number of nitrogens with zero attached hydrogens (tertiary/aromatic N) is 1. The van der Waals surface area contributed by atoms with Gasteiger partial charge in [-0.25, -0.2) is 9.59 Å². The summed E-state index contributed by atoms with van der Waals surface area (Å²) in [7, 11) is 0. The molecule has 0 spiro atoms. The van der Waals surface area contributed by atoms with Crippen LogP contribution in [0.3, 0.4) is 0 Å². The molecule has 1 saturated heterocycles. The fourth-order valence-corrected chi connectivity index (χ4v) is 3.80. The molecule has 1 heterocycles. The van der Waals surface area contributed by atoms with Crippen LogP contribution >= 0.6 is 0 Å². The molecule has 0 aromatic heterocycles. The zero-order valence-electron chi connectivity index (χ0n) is 18.0. The summed E-state index contributed by atoms with van der Waals surface area (Å²) in [6.07, 6.45) is -1.03. The Balaban J connectivity index is 1.45. The van der Waals surface area contributed by atoms with Gasteiger partial charge in [-0.05, 0) is 74.4 Å². The lowest BCUT2D eigenvalue weighted by Crippen LogP contribution is -2.41. The number of urea groups is 1. The van der Waals surface area contributed by atoms with Crippen molar-refractivity contribution in [1.29, 1.82) is 0 Å². The fourth-order valence-electron chi connectivity index (χ4n) is 3.80. The molecule has 1 fully saturated rings. The van der Waals surface area contributed by atoms with Gasteiger partial charge in [0.25, 0.3) is 0 Å². The highest BCUT2D eigenvalue weighted by molar-refractivity contribution is 5.94. The van der Waals surface area contributed by atoms with Crippen molar-refractivity contribution in [2.75, 3.05) is 25.0 Å². The van der Waals surface area contributed by atoms with Gasteiger partial charge in [0.05, 0.1) is 17.7 Å². The smallest absolute Gasteiger partial charge is 0.416 e. The largest absolute Gasteiger partial charge is 0.462 e. The van der Waals surface area contributed by atoms with E-state index in [2.05, 4.69) is 5.32 Å². The summed E-state index contributed by atoms with van der Waals surface area (Å²) in [6.45, 7) is 3.24. The van der Waals surface area contributed by atoms with Crippen molar-refractivity contribution in [3.8, 4) is 0 Å². The minimum Gasteiger partial charge on any atom is -0.462 e. The first-order valence-electron chi connectivity index (χ1n) is 10.8. The predicted molar refractivity (Wildman–Crippen MR) is 115 cm³/mol. The number of aryl methyl sites for hydroxylation is 1. The third-order valence-corrected chi connectivity index (χ3v) is 5.65. The van der Waals surface area contributed by atoms with Crippen LogP contribution in [-0.4, -0.2) is 36.6 Å². The van der Waals surface area contributed by atoms with Gasteiger partial charge in [-0.15, -0.1) is 0 Å². The summed E-state index contributed by atoms with van der Waals surface area (Å²) >= 11 is 0. The highest BCUT2D eigenvalue weighted by Gasteiger charge is 2.30. The number of alkyl halides is 3. The van der Waals surface area contributed by atoms with Gasteiger partial charge in [0.1, 0.15) is 0 Å². The maximum atomic E-state index is 12.7. The van der Waals surface area contributed by atoms with Crippen molar-refractivity contribution in [3.63, 3.8) is 0 Å². The number of anilines is 1. The lowest BCUT2D eigenvalue weighted by atomic mass is 9.90. The van der Waals surface area contributed by atoms with Crippen LogP contribution in [0.4, 0.5) is 23.7 Å². The first-order valence-corrected chi connectivity index (χ1v) is 10.8. The number of likely N-dealkylation sites (tertiary alicyclic amines) is 1. The van der Waals surface area contributed by atoms with E-state index in [1.165, 1.54) is 12.1 Å². The first kappa shape index (κ1) is 23.6. The molecule has 0 unspecified atom stereocenters. The van der Waals surface area contributed by atoms with Crippen LogP contribution < -0.4 is 5.32 Å². The topological polar surface area (TPSA) is 58.6 Å². The van der Waals surface area contributed by atoms with E-state index in [1.807, 2.05) is 0 Å². The number of nitrogens with one attached hydrogen (secondary N) is 1. The van der Waals surface area contributed by atoms with E-state index >= 15 is 0 Å². The number of piperidine rings is 1. The Kier molecular flexibility index (Phi) is 7.77.